The molecule has 0 saturated heterocycles. The molecular formula is C13H24N2S. The maximum atomic E-state index is 6.16. The van der Waals surface area contributed by atoms with Crippen molar-refractivity contribution in [1.82, 2.24) is 0 Å². The summed E-state index contributed by atoms with van der Waals surface area (Å²) < 4.78 is 0. The van der Waals surface area contributed by atoms with Gasteiger partial charge in [0.2, 0.25) is 0 Å². The van der Waals surface area contributed by atoms with Crippen LogP contribution in [0.3, 0.4) is 0 Å². The van der Waals surface area contributed by atoms with Gasteiger partial charge in [0.05, 0.1) is 11.9 Å². The minimum absolute atomic E-state index is 0.527. The summed E-state index contributed by atoms with van der Waals surface area (Å²) in [6, 6.07) is 0.527. The van der Waals surface area contributed by atoms with Crippen molar-refractivity contribution in [1.29, 1.82) is 0 Å². The Hall–Kier alpha value is -0.180. The van der Waals surface area contributed by atoms with E-state index in [2.05, 4.69) is 6.26 Å². The highest BCUT2D eigenvalue weighted by Crippen LogP contribution is 2.31. The molecule has 92 valence electrons. The van der Waals surface area contributed by atoms with E-state index in [1.54, 1.807) is 0 Å². The van der Waals surface area contributed by atoms with Gasteiger partial charge in [-0.25, -0.2) is 0 Å². The Balaban J connectivity index is 1.85. The van der Waals surface area contributed by atoms with E-state index in [4.69, 9.17) is 10.7 Å². The van der Waals surface area contributed by atoms with Crippen LogP contribution in [0.15, 0.2) is 4.99 Å². The zero-order valence-corrected chi connectivity index (χ0v) is 11.1. The third-order valence-corrected chi connectivity index (χ3v) is 5.14. The molecule has 2 fully saturated rings. The van der Waals surface area contributed by atoms with Gasteiger partial charge in [0, 0.05) is 11.2 Å². The first-order valence-electron chi connectivity index (χ1n) is 6.65. The van der Waals surface area contributed by atoms with Crippen molar-refractivity contribution in [3.8, 4) is 0 Å². The predicted molar refractivity (Wildman–Crippen MR) is 73.1 cm³/mol. The Labute approximate surface area is 103 Å². The summed E-state index contributed by atoms with van der Waals surface area (Å²) in [7, 11) is 0. The predicted octanol–water partition coefficient (Wildman–Crippen LogP) is 3.21. The Morgan fingerprint density at radius 3 is 2.50 bits per heavy atom. The highest BCUT2D eigenvalue weighted by molar-refractivity contribution is 7.99. The number of hydrogen-bond acceptors (Lipinski definition) is 2. The molecule has 2 nitrogen and oxygen atoms in total. The standard InChI is InChI=1S/C13H24N2S/c1-16-12-8-7-11(9-12)15-13(14)10-5-3-2-4-6-10/h10-12H,2-9H2,1H3,(H2,14,15). The number of hydrogen-bond donors (Lipinski definition) is 1. The largest absolute Gasteiger partial charge is 0.387 e. The third-order valence-electron chi connectivity index (χ3n) is 4.05. The summed E-state index contributed by atoms with van der Waals surface area (Å²) >= 11 is 1.99. The van der Waals surface area contributed by atoms with Crippen molar-refractivity contribution >= 4 is 17.6 Å². The molecule has 2 rings (SSSR count). The molecule has 2 unspecified atom stereocenters. The van der Waals surface area contributed by atoms with Gasteiger partial charge in [0.15, 0.2) is 0 Å². The molecule has 0 aromatic heterocycles. The molecule has 0 aromatic carbocycles. The van der Waals surface area contributed by atoms with Crippen molar-refractivity contribution in [2.45, 2.75) is 62.7 Å². The van der Waals surface area contributed by atoms with Gasteiger partial charge >= 0.3 is 0 Å². The summed E-state index contributed by atoms with van der Waals surface area (Å²) in [5, 5.41) is 0.827. The van der Waals surface area contributed by atoms with Crippen LogP contribution in [0.2, 0.25) is 0 Å². The summed E-state index contributed by atoms with van der Waals surface area (Å²) in [6.07, 6.45) is 12.7. The molecule has 2 saturated carbocycles. The fourth-order valence-corrected chi connectivity index (χ4v) is 3.75. The second-order valence-corrected chi connectivity index (χ2v) is 6.35. The lowest BCUT2D eigenvalue weighted by atomic mass is 9.88. The SMILES string of the molecule is CSC1CCC(N=C(N)C2CCCCC2)C1. The fourth-order valence-electron chi connectivity index (χ4n) is 2.96. The van der Waals surface area contributed by atoms with Crippen LogP contribution in [0.1, 0.15) is 51.4 Å². The lowest BCUT2D eigenvalue weighted by Crippen LogP contribution is -2.27. The third kappa shape index (κ3) is 3.16. The summed E-state index contributed by atoms with van der Waals surface area (Å²) in [4.78, 5) is 4.78. The molecule has 0 heterocycles. The molecule has 0 aliphatic heterocycles. The molecule has 2 aliphatic carbocycles. The molecule has 2 N–H and O–H groups in total. The van der Waals surface area contributed by atoms with Gasteiger partial charge in [-0.3, -0.25) is 4.99 Å². The highest BCUT2D eigenvalue weighted by Gasteiger charge is 2.25. The minimum atomic E-state index is 0.527. The van der Waals surface area contributed by atoms with Crippen molar-refractivity contribution < 1.29 is 0 Å². The molecule has 0 aromatic rings. The molecule has 0 amide bonds. The molecule has 3 heteroatoms. The first-order valence-corrected chi connectivity index (χ1v) is 7.94. The minimum Gasteiger partial charge on any atom is -0.387 e. The zero-order chi connectivity index (χ0) is 11.4. The molecule has 16 heavy (non-hydrogen) atoms. The maximum absolute atomic E-state index is 6.16. The second-order valence-electron chi connectivity index (χ2n) is 5.21. The maximum Gasteiger partial charge on any atom is 0.0971 e. The normalized spacial score (nSPS) is 33.2. The van der Waals surface area contributed by atoms with E-state index < -0.39 is 0 Å². The van der Waals surface area contributed by atoms with Gasteiger partial charge in [-0.2, -0.15) is 11.8 Å². The highest BCUT2D eigenvalue weighted by atomic mass is 32.2. The number of amidine groups is 1. The van der Waals surface area contributed by atoms with E-state index in [9.17, 15) is 0 Å². The Kier molecular flexibility index (Phi) is 4.56. The molecule has 0 radical (unpaired) electrons. The summed E-state index contributed by atoms with van der Waals surface area (Å²) in [5.74, 6) is 1.56. The topological polar surface area (TPSA) is 38.4 Å². The van der Waals surface area contributed by atoms with Crippen LogP contribution >= 0.6 is 11.8 Å². The van der Waals surface area contributed by atoms with Crippen molar-refractivity contribution in [3.05, 3.63) is 0 Å². The van der Waals surface area contributed by atoms with Crippen molar-refractivity contribution in [2.75, 3.05) is 6.26 Å². The number of rotatable bonds is 3. The number of thioether (sulfide) groups is 1. The average Bonchev–Trinajstić information content (AvgIpc) is 2.78. The van der Waals surface area contributed by atoms with Crippen LogP contribution in [-0.4, -0.2) is 23.4 Å². The van der Waals surface area contributed by atoms with Gasteiger partial charge in [-0.15, -0.1) is 0 Å². The van der Waals surface area contributed by atoms with E-state index in [0.29, 0.717) is 12.0 Å². The molecule has 0 bridgehead atoms. The van der Waals surface area contributed by atoms with E-state index in [0.717, 1.165) is 11.1 Å². The first-order chi connectivity index (χ1) is 7.79. The average molecular weight is 240 g/mol. The lowest BCUT2D eigenvalue weighted by Gasteiger charge is -2.21. The molecule has 0 spiro atoms. The first kappa shape index (κ1) is 12.3. The number of aliphatic imine (C=N–C) groups is 1. The van der Waals surface area contributed by atoms with Gasteiger partial charge in [0.25, 0.3) is 0 Å². The van der Waals surface area contributed by atoms with Crippen LogP contribution in [0.4, 0.5) is 0 Å². The van der Waals surface area contributed by atoms with E-state index in [1.807, 2.05) is 11.8 Å². The van der Waals surface area contributed by atoms with E-state index in [-0.39, 0.29) is 0 Å². The molecular weight excluding hydrogens is 216 g/mol. The smallest absolute Gasteiger partial charge is 0.0971 e. The quantitative estimate of drug-likeness (QED) is 0.607. The number of nitrogens with two attached hydrogens (primary N) is 1. The lowest BCUT2D eigenvalue weighted by molar-refractivity contribution is 0.435. The van der Waals surface area contributed by atoms with Crippen LogP contribution in [-0.2, 0) is 0 Å². The van der Waals surface area contributed by atoms with Crippen LogP contribution in [0.5, 0.6) is 0 Å². The zero-order valence-electron chi connectivity index (χ0n) is 10.3. The summed E-state index contributed by atoms with van der Waals surface area (Å²) in [5.41, 5.74) is 6.16. The van der Waals surface area contributed by atoms with E-state index >= 15 is 0 Å². The van der Waals surface area contributed by atoms with Crippen molar-refractivity contribution in [2.24, 2.45) is 16.6 Å². The Bertz CT molecular complexity index is 246. The number of nitrogens with zero attached hydrogens (tertiary/aromatic N) is 1. The molecule has 2 aliphatic rings. The van der Waals surface area contributed by atoms with E-state index in [1.165, 1.54) is 51.4 Å². The van der Waals surface area contributed by atoms with Gasteiger partial charge in [-0.05, 0) is 38.4 Å². The molecule has 2 atom stereocenters. The Morgan fingerprint density at radius 2 is 1.88 bits per heavy atom. The monoisotopic (exact) mass is 240 g/mol. The Morgan fingerprint density at radius 1 is 1.12 bits per heavy atom. The van der Waals surface area contributed by atoms with Crippen molar-refractivity contribution in [3.63, 3.8) is 0 Å². The van der Waals surface area contributed by atoms with Gasteiger partial charge in [0.1, 0.15) is 0 Å². The fraction of sp³-hybridized carbons (Fsp3) is 0.923. The van der Waals surface area contributed by atoms with Crippen LogP contribution in [0.25, 0.3) is 0 Å². The van der Waals surface area contributed by atoms with Crippen LogP contribution < -0.4 is 5.73 Å². The van der Waals surface area contributed by atoms with Crippen LogP contribution in [0, 0.1) is 5.92 Å². The van der Waals surface area contributed by atoms with Gasteiger partial charge in [-0.1, -0.05) is 19.3 Å². The summed E-state index contributed by atoms with van der Waals surface area (Å²) in [6.45, 7) is 0. The van der Waals surface area contributed by atoms with Gasteiger partial charge < -0.3 is 5.73 Å². The second kappa shape index (κ2) is 5.95.